The molecule has 0 saturated carbocycles. The summed E-state index contributed by atoms with van der Waals surface area (Å²) in [5, 5.41) is 3.29. The Balaban J connectivity index is 0.00000132. The lowest BCUT2D eigenvalue weighted by Gasteiger charge is -2.18. The number of nitrogens with one attached hydrogen (secondary N) is 1. The molecule has 2 heterocycles. The molecule has 0 bridgehead atoms. The molecule has 23 heavy (non-hydrogen) atoms. The van der Waals surface area contributed by atoms with Gasteiger partial charge in [0.2, 0.25) is 0 Å². The molecule has 2 aromatic rings. The summed E-state index contributed by atoms with van der Waals surface area (Å²) in [5.41, 5.74) is 2.46. The Labute approximate surface area is 148 Å². The van der Waals surface area contributed by atoms with Crippen molar-refractivity contribution in [3.63, 3.8) is 0 Å². The number of hydrogen-bond acceptors (Lipinski definition) is 4. The van der Waals surface area contributed by atoms with Crippen molar-refractivity contribution < 1.29 is 9.21 Å². The fourth-order valence-corrected chi connectivity index (χ4v) is 2.51. The maximum atomic E-state index is 12.7. The smallest absolute Gasteiger partial charge is 0.276 e. The average molecular weight is 358 g/mol. The Hall–Kier alpha value is -1.56. The Bertz CT molecular complexity index is 621. The van der Waals surface area contributed by atoms with Gasteiger partial charge in [-0.15, -0.1) is 24.8 Å². The van der Waals surface area contributed by atoms with E-state index < -0.39 is 0 Å². The first kappa shape index (κ1) is 19.5. The van der Waals surface area contributed by atoms with Crippen molar-refractivity contribution in [2.24, 2.45) is 0 Å². The number of benzene rings is 1. The minimum absolute atomic E-state index is 0. The molecule has 126 valence electrons. The van der Waals surface area contributed by atoms with Crippen LogP contribution in [0, 0.1) is 6.92 Å². The molecule has 1 N–H and O–H groups in total. The third-order valence-electron chi connectivity index (χ3n) is 3.71. The van der Waals surface area contributed by atoms with E-state index in [1.807, 2.05) is 36.1 Å². The Morgan fingerprint density at radius 2 is 1.91 bits per heavy atom. The van der Waals surface area contributed by atoms with Crippen LogP contribution in [0.25, 0.3) is 11.3 Å². The summed E-state index contributed by atoms with van der Waals surface area (Å²) < 4.78 is 5.46. The van der Waals surface area contributed by atoms with E-state index in [1.165, 1.54) is 12.0 Å². The highest BCUT2D eigenvalue weighted by Gasteiger charge is 2.24. The van der Waals surface area contributed by atoms with Crippen LogP contribution in [0.4, 0.5) is 0 Å². The third-order valence-corrected chi connectivity index (χ3v) is 3.71. The number of amides is 1. The van der Waals surface area contributed by atoms with Crippen molar-refractivity contribution in [1.29, 1.82) is 0 Å². The van der Waals surface area contributed by atoms with Gasteiger partial charge in [0, 0.05) is 25.2 Å². The van der Waals surface area contributed by atoms with E-state index in [9.17, 15) is 4.79 Å². The lowest BCUT2D eigenvalue weighted by molar-refractivity contribution is 0.0761. The van der Waals surface area contributed by atoms with E-state index in [2.05, 4.69) is 10.3 Å². The maximum Gasteiger partial charge on any atom is 0.276 e. The topological polar surface area (TPSA) is 58.4 Å². The first-order valence-electron chi connectivity index (χ1n) is 7.26. The van der Waals surface area contributed by atoms with Crippen LogP contribution in [0.2, 0.25) is 0 Å². The molecule has 1 aromatic heterocycles. The normalized spacial score (nSPS) is 14.4. The summed E-state index contributed by atoms with van der Waals surface area (Å²) >= 11 is 0. The lowest BCUT2D eigenvalue weighted by atomic mass is 10.1. The summed E-state index contributed by atoms with van der Waals surface area (Å²) in [6, 6.07) is 7.91. The molecule has 1 fully saturated rings. The van der Waals surface area contributed by atoms with Crippen LogP contribution in [0.3, 0.4) is 0 Å². The number of oxazole rings is 1. The first-order valence-corrected chi connectivity index (χ1v) is 7.26. The quantitative estimate of drug-likeness (QED) is 0.897. The van der Waals surface area contributed by atoms with Gasteiger partial charge in [-0.2, -0.15) is 0 Å². The number of aromatic nitrogens is 1. The number of hydrogen-bond donors (Lipinski definition) is 1. The van der Waals surface area contributed by atoms with Crippen LogP contribution in [0.15, 0.2) is 35.1 Å². The zero-order valence-electron chi connectivity index (χ0n) is 12.9. The monoisotopic (exact) mass is 357 g/mol. The van der Waals surface area contributed by atoms with E-state index in [4.69, 9.17) is 4.42 Å². The van der Waals surface area contributed by atoms with Gasteiger partial charge in [-0.3, -0.25) is 4.79 Å². The Morgan fingerprint density at radius 3 is 2.65 bits per heavy atom. The molecule has 0 unspecified atom stereocenters. The van der Waals surface area contributed by atoms with E-state index in [1.54, 1.807) is 0 Å². The minimum Gasteiger partial charge on any atom is -0.443 e. The van der Waals surface area contributed by atoms with Gasteiger partial charge in [-0.05, 0) is 19.9 Å². The van der Waals surface area contributed by atoms with Crippen molar-refractivity contribution in [3.8, 4) is 11.3 Å². The van der Waals surface area contributed by atoms with Crippen LogP contribution in [-0.4, -0.2) is 42.0 Å². The highest BCUT2D eigenvalue weighted by atomic mass is 35.5. The fraction of sp³-hybridized carbons (Fsp3) is 0.375. The number of carbonyl (C=O) groups excluding carboxylic acids is 1. The summed E-state index contributed by atoms with van der Waals surface area (Å²) in [5.74, 6) is 0.500. The molecule has 0 radical (unpaired) electrons. The van der Waals surface area contributed by atoms with Gasteiger partial charge < -0.3 is 14.6 Å². The Morgan fingerprint density at radius 1 is 1.17 bits per heavy atom. The van der Waals surface area contributed by atoms with E-state index in [0.717, 1.165) is 31.6 Å². The van der Waals surface area contributed by atoms with Crippen LogP contribution >= 0.6 is 24.8 Å². The summed E-state index contributed by atoms with van der Waals surface area (Å²) in [6.07, 6.45) is 2.31. The molecule has 1 aliphatic rings. The molecule has 1 amide bonds. The third kappa shape index (κ3) is 4.47. The number of rotatable bonds is 2. The van der Waals surface area contributed by atoms with Crippen LogP contribution in [0.5, 0.6) is 0 Å². The zero-order valence-corrected chi connectivity index (χ0v) is 14.6. The van der Waals surface area contributed by atoms with Crippen LogP contribution in [-0.2, 0) is 0 Å². The van der Waals surface area contributed by atoms with Crippen molar-refractivity contribution in [3.05, 3.63) is 41.9 Å². The fourth-order valence-electron chi connectivity index (χ4n) is 2.51. The van der Waals surface area contributed by atoms with Gasteiger partial charge in [0.15, 0.2) is 17.8 Å². The van der Waals surface area contributed by atoms with Gasteiger partial charge in [-0.1, -0.05) is 29.8 Å². The lowest BCUT2D eigenvalue weighted by Crippen LogP contribution is -2.34. The van der Waals surface area contributed by atoms with Gasteiger partial charge in [0.25, 0.3) is 5.91 Å². The molecule has 0 atom stereocenters. The number of halogens is 2. The second-order valence-electron chi connectivity index (χ2n) is 5.29. The van der Waals surface area contributed by atoms with E-state index in [0.29, 0.717) is 18.0 Å². The molecule has 1 saturated heterocycles. The largest absolute Gasteiger partial charge is 0.443 e. The predicted molar refractivity (Wildman–Crippen MR) is 94.6 cm³/mol. The summed E-state index contributed by atoms with van der Waals surface area (Å²) in [6.45, 7) is 5.27. The number of aryl methyl sites for hydroxylation is 1. The molecule has 0 aliphatic carbocycles. The SMILES string of the molecule is Cc1ccc(-c2ocnc2C(=O)N2CCCNCC2)cc1.Cl.Cl. The number of carbonyl (C=O) groups is 1. The highest BCUT2D eigenvalue weighted by molar-refractivity contribution is 5.97. The Kier molecular flexibility index (Phi) is 7.55. The highest BCUT2D eigenvalue weighted by Crippen LogP contribution is 2.24. The standard InChI is InChI=1S/C16H19N3O2.2ClH/c1-12-3-5-13(6-4-12)15-14(18-11-21-15)16(20)19-9-2-7-17-8-10-19;;/h3-6,11,17H,2,7-10H2,1H3;2*1H. The first-order chi connectivity index (χ1) is 10.3. The summed E-state index contributed by atoms with van der Waals surface area (Å²) in [4.78, 5) is 18.6. The molecule has 1 aromatic carbocycles. The van der Waals surface area contributed by atoms with Gasteiger partial charge >= 0.3 is 0 Å². The molecular weight excluding hydrogens is 337 g/mol. The molecule has 5 nitrogen and oxygen atoms in total. The number of nitrogens with zero attached hydrogens (tertiary/aromatic N) is 2. The van der Waals surface area contributed by atoms with Crippen LogP contribution in [0.1, 0.15) is 22.5 Å². The van der Waals surface area contributed by atoms with Crippen molar-refractivity contribution in [1.82, 2.24) is 15.2 Å². The predicted octanol–water partition coefficient (Wildman–Crippen LogP) is 2.93. The summed E-state index contributed by atoms with van der Waals surface area (Å²) in [7, 11) is 0. The molecule has 0 spiro atoms. The molecular formula is C16H21Cl2N3O2. The van der Waals surface area contributed by atoms with Gasteiger partial charge in [-0.25, -0.2) is 4.98 Å². The van der Waals surface area contributed by atoms with E-state index >= 15 is 0 Å². The molecule has 3 rings (SSSR count). The van der Waals surface area contributed by atoms with E-state index in [-0.39, 0.29) is 30.7 Å². The van der Waals surface area contributed by atoms with Crippen molar-refractivity contribution >= 4 is 30.7 Å². The molecule has 7 heteroatoms. The van der Waals surface area contributed by atoms with Crippen molar-refractivity contribution in [2.75, 3.05) is 26.2 Å². The second-order valence-corrected chi connectivity index (χ2v) is 5.29. The van der Waals surface area contributed by atoms with Crippen LogP contribution < -0.4 is 5.32 Å². The minimum atomic E-state index is -0.0528. The average Bonchev–Trinajstić information content (AvgIpc) is 2.82. The molecule has 1 aliphatic heterocycles. The zero-order chi connectivity index (χ0) is 14.7. The van der Waals surface area contributed by atoms with Gasteiger partial charge in [0.1, 0.15) is 0 Å². The van der Waals surface area contributed by atoms with Gasteiger partial charge in [0.05, 0.1) is 0 Å². The second kappa shape index (κ2) is 8.91. The van der Waals surface area contributed by atoms with Crippen molar-refractivity contribution in [2.45, 2.75) is 13.3 Å². The maximum absolute atomic E-state index is 12.7.